The normalized spacial score (nSPS) is 14.3. The minimum atomic E-state index is -4.72. The van der Waals surface area contributed by atoms with Crippen molar-refractivity contribution in [1.82, 2.24) is 0 Å². The van der Waals surface area contributed by atoms with E-state index in [4.69, 9.17) is 24.8 Å². The Hall–Kier alpha value is -2.56. The topological polar surface area (TPSA) is 172 Å². The van der Waals surface area contributed by atoms with Crippen molar-refractivity contribution in [2.24, 2.45) is 5.73 Å². The lowest BCUT2D eigenvalue weighted by atomic mass is 10.0. The summed E-state index contributed by atoms with van der Waals surface area (Å²) in [6.45, 7) is 2.66. The van der Waals surface area contributed by atoms with Crippen molar-refractivity contribution in [1.29, 1.82) is 0 Å². The van der Waals surface area contributed by atoms with Crippen LogP contribution in [0.3, 0.4) is 0 Å². The number of allylic oxidation sites excluding steroid dienone is 8. The van der Waals surface area contributed by atoms with Crippen LogP contribution in [0.2, 0.25) is 0 Å². The molecule has 3 atom stereocenters. The van der Waals surface area contributed by atoms with E-state index >= 15 is 0 Å². The Bertz CT molecular complexity index is 1120. The summed E-state index contributed by atoms with van der Waals surface area (Å²) in [5.41, 5.74) is 5.33. The van der Waals surface area contributed by atoms with Gasteiger partial charge in [-0.15, -0.1) is 0 Å². The van der Waals surface area contributed by atoms with Crippen LogP contribution in [0.5, 0.6) is 0 Å². The van der Waals surface area contributed by atoms with Crippen LogP contribution in [0.25, 0.3) is 0 Å². The fourth-order valence-electron chi connectivity index (χ4n) is 5.53. The highest BCUT2D eigenvalue weighted by Crippen LogP contribution is 2.43. The number of unbranched alkanes of at least 4 members (excludes halogenated alkanes) is 17. The predicted octanol–water partition coefficient (Wildman–Crippen LogP) is 11.0. The fraction of sp³-hybridized carbons (Fsp3) is 0.744. The Morgan fingerprint density at radius 1 is 0.582 bits per heavy atom. The maximum absolute atomic E-state index is 12.6. The molecule has 0 saturated heterocycles. The zero-order valence-corrected chi connectivity index (χ0v) is 35.2. The van der Waals surface area contributed by atoms with E-state index in [-0.39, 0.29) is 19.4 Å². The van der Waals surface area contributed by atoms with Crippen LogP contribution in [0.15, 0.2) is 48.6 Å². The number of carbonyl (C=O) groups excluding carboxylic acids is 2. The van der Waals surface area contributed by atoms with Crippen molar-refractivity contribution in [3.05, 3.63) is 48.6 Å². The number of hydrogen-bond donors (Lipinski definition) is 3. The summed E-state index contributed by atoms with van der Waals surface area (Å²) in [6.07, 6.45) is 41.7. The summed E-state index contributed by atoms with van der Waals surface area (Å²) in [4.78, 5) is 45.9. The summed E-state index contributed by atoms with van der Waals surface area (Å²) in [5.74, 6) is -2.41. The van der Waals surface area contributed by atoms with E-state index in [1.165, 1.54) is 64.2 Å². The zero-order valence-electron chi connectivity index (χ0n) is 34.3. The molecular formula is C43H76NO10P. The first-order valence-corrected chi connectivity index (χ1v) is 22.7. The van der Waals surface area contributed by atoms with Crippen LogP contribution < -0.4 is 5.73 Å². The van der Waals surface area contributed by atoms with Crippen LogP contribution in [0.4, 0.5) is 0 Å². The number of carboxylic acid groups (broad SMARTS) is 1. The molecule has 0 amide bonds. The van der Waals surface area contributed by atoms with Gasteiger partial charge in [0, 0.05) is 12.8 Å². The van der Waals surface area contributed by atoms with E-state index < -0.39 is 51.1 Å². The smallest absolute Gasteiger partial charge is 0.472 e. The minimum absolute atomic E-state index is 0.133. The molecule has 0 aromatic rings. The van der Waals surface area contributed by atoms with Crippen molar-refractivity contribution in [3.63, 3.8) is 0 Å². The average molecular weight is 798 g/mol. The van der Waals surface area contributed by atoms with Crippen molar-refractivity contribution in [2.45, 2.75) is 187 Å². The lowest BCUT2D eigenvalue weighted by Gasteiger charge is -2.20. The molecule has 12 heteroatoms. The first-order valence-electron chi connectivity index (χ1n) is 21.2. The van der Waals surface area contributed by atoms with E-state index in [1.54, 1.807) is 0 Å². The summed E-state index contributed by atoms with van der Waals surface area (Å²) >= 11 is 0. The van der Waals surface area contributed by atoms with E-state index in [9.17, 15) is 23.8 Å². The number of aliphatic carboxylic acids is 1. The number of hydrogen-bond acceptors (Lipinski definition) is 9. The molecule has 0 aliphatic heterocycles. The summed E-state index contributed by atoms with van der Waals surface area (Å²) in [6, 6.07) is -1.53. The van der Waals surface area contributed by atoms with Gasteiger partial charge in [-0.05, 0) is 51.4 Å². The van der Waals surface area contributed by atoms with Crippen molar-refractivity contribution >= 4 is 25.7 Å². The van der Waals surface area contributed by atoms with Crippen molar-refractivity contribution in [2.75, 3.05) is 19.8 Å². The Labute approximate surface area is 333 Å². The van der Waals surface area contributed by atoms with Gasteiger partial charge in [0.1, 0.15) is 12.6 Å². The molecule has 0 aliphatic rings. The summed E-state index contributed by atoms with van der Waals surface area (Å²) in [7, 11) is -4.72. The highest BCUT2D eigenvalue weighted by Gasteiger charge is 2.28. The number of nitrogens with two attached hydrogens (primary N) is 1. The molecule has 4 N–H and O–H groups in total. The molecule has 0 spiro atoms. The lowest BCUT2D eigenvalue weighted by molar-refractivity contribution is -0.161. The molecule has 0 radical (unpaired) electrons. The Balaban J connectivity index is 4.43. The minimum Gasteiger partial charge on any atom is -0.480 e. The van der Waals surface area contributed by atoms with Crippen LogP contribution in [-0.2, 0) is 37.5 Å². The molecule has 0 fully saturated rings. The number of carbonyl (C=O) groups is 3. The molecule has 0 saturated carbocycles. The predicted molar refractivity (Wildman–Crippen MR) is 222 cm³/mol. The quantitative estimate of drug-likeness (QED) is 0.0234. The number of ether oxygens (including phenoxy) is 2. The first kappa shape index (κ1) is 52.4. The second-order valence-corrected chi connectivity index (χ2v) is 15.6. The molecule has 0 rings (SSSR count). The van der Waals surface area contributed by atoms with Crippen LogP contribution in [0, 0.1) is 0 Å². The molecule has 0 heterocycles. The van der Waals surface area contributed by atoms with Crippen LogP contribution in [0.1, 0.15) is 174 Å². The van der Waals surface area contributed by atoms with Gasteiger partial charge in [0.15, 0.2) is 6.10 Å². The Morgan fingerprint density at radius 2 is 1.02 bits per heavy atom. The maximum Gasteiger partial charge on any atom is 0.472 e. The number of carboxylic acids is 1. The monoisotopic (exact) mass is 798 g/mol. The molecule has 0 aromatic heterocycles. The Kier molecular flexibility index (Phi) is 36.5. The molecule has 3 unspecified atom stereocenters. The van der Waals surface area contributed by atoms with Gasteiger partial charge in [0.25, 0.3) is 0 Å². The van der Waals surface area contributed by atoms with E-state index in [1.807, 2.05) is 0 Å². The highest BCUT2D eigenvalue weighted by atomic mass is 31.2. The second-order valence-electron chi connectivity index (χ2n) is 14.1. The van der Waals surface area contributed by atoms with E-state index in [0.717, 1.165) is 70.6 Å². The summed E-state index contributed by atoms with van der Waals surface area (Å²) in [5, 5.41) is 8.88. The van der Waals surface area contributed by atoms with E-state index in [0.29, 0.717) is 12.8 Å². The first-order chi connectivity index (χ1) is 26.6. The molecule has 318 valence electrons. The molecule has 55 heavy (non-hydrogen) atoms. The molecule has 11 nitrogen and oxygen atoms in total. The SMILES string of the molecule is CCC=CCC=CCC=CCC=CCCCCCCC(=O)OC(COC(=O)CCCCCCCCCCCCCCCC)COP(=O)(O)OCC(N)C(=O)O. The van der Waals surface area contributed by atoms with Crippen LogP contribution in [-0.4, -0.2) is 59.9 Å². The number of esters is 2. The van der Waals surface area contributed by atoms with Crippen molar-refractivity contribution < 1.29 is 47.5 Å². The molecule has 0 aliphatic carbocycles. The molecule has 0 bridgehead atoms. The third kappa shape index (κ3) is 38.1. The molecule has 0 aromatic carbocycles. The van der Waals surface area contributed by atoms with Gasteiger partial charge < -0.3 is 25.2 Å². The molecular weight excluding hydrogens is 721 g/mol. The maximum atomic E-state index is 12.6. The average Bonchev–Trinajstić information content (AvgIpc) is 3.16. The zero-order chi connectivity index (χ0) is 40.7. The second kappa shape index (κ2) is 38.3. The fourth-order valence-corrected chi connectivity index (χ4v) is 6.30. The largest absolute Gasteiger partial charge is 0.480 e. The number of rotatable bonds is 39. The van der Waals surface area contributed by atoms with Gasteiger partial charge >= 0.3 is 25.7 Å². The van der Waals surface area contributed by atoms with Gasteiger partial charge in [-0.25, -0.2) is 4.57 Å². The van der Waals surface area contributed by atoms with Gasteiger partial charge in [0.05, 0.1) is 13.2 Å². The highest BCUT2D eigenvalue weighted by molar-refractivity contribution is 7.47. The van der Waals surface area contributed by atoms with Gasteiger partial charge in [-0.1, -0.05) is 159 Å². The van der Waals surface area contributed by atoms with Gasteiger partial charge in [0.2, 0.25) is 0 Å². The van der Waals surface area contributed by atoms with Crippen LogP contribution >= 0.6 is 7.82 Å². The third-order valence-corrected chi connectivity index (χ3v) is 9.79. The lowest BCUT2D eigenvalue weighted by Crippen LogP contribution is -2.34. The van der Waals surface area contributed by atoms with Crippen molar-refractivity contribution in [3.8, 4) is 0 Å². The summed E-state index contributed by atoms with van der Waals surface area (Å²) < 4.78 is 32.6. The third-order valence-electron chi connectivity index (χ3n) is 8.84. The Morgan fingerprint density at radius 3 is 1.53 bits per heavy atom. The number of phosphoric ester groups is 1. The van der Waals surface area contributed by atoms with Gasteiger partial charge in [-0.2, -0.15) is 0 Å². The number of phosphoric acid groups is 1. The van der Waals surface area contributed by atoms with Gasteiger partial charge in [-0.3, -0.25) is 23.4 Å². The van der Waals surface area contributed by atoms with E-state index in [2.05, 4.69) is 67.0 Å². The standard InChI is InChI=1S/C43H76NO10P/c1-3-5-7-9-11-13-15-17-19-20-21-23-25-27-29-31-33-35-42(46)54-39(37-52-55(49,50)53-38-40(44)43(47)48)36-51-41(45)34-32-30-28-26-24-22-18-16-14-12-10-8-6-4-2/h5,7,11,13,17,19,21,23,39-40H,3-4,6,8-10,12,14-16,18,20,22,24-38,44H2,1-2H3,(H,47,48)(H,49,50).